The summed E-state index contributed by atoms with van der Waals surface area (Å²) in [6.07, 6.45) is 7.19. The topological polar surface area (TPSA) is 59.8 Å². The van der Waals surface area contributed by atoms with Gasteiger partial charge in [-0.2, -0.15) is 0 Å². The van der Waals surface area contributed by atoms with Crippen molar-refractivity contribution < 1.29 is 9.18 Å². The molecule has 1 aliphatic heterocycles. The van der Waals surface area contributed by atoms with Gasteiger partial charge in [0.2, 0.25) is 5.91 Å². The van der Waals surface area contributed by atoms with E-state index in [0.717, 1.165) is 53.1 Å². The lowest BCUT2D eigenvalue weighted by Crippen LogP contribution is -2.09. The van der Waals surface area contributed by atoms with Crippen LogP contribution in [0.15, 0.2) is 46.9 Å². The highest BCUT2D eigenvalue weighted by molar-refractivity contribution is 9.10. The fourth-order valence-electron chi connectivity index (χ4n) is 3.58. The van der Waals surface area contributed by atoms with Crippen LogP contribution in [-0.4, -0.2) is 20.7 Å². The molecule has 2 heterocycles. The summed E-state index contributed by atoms with van der Waals surface area (Å²) in [6.45, 7) is 2.84. The van der Waals surface area contributed by atoms with Gasteiger partial charge < -0.3 is 9.88 Å². The van der Waals surface area contributed by atoms with Gasteiger partial charge in [0.25, 0.3) is 0 Å². The minimum Gasteiger partial charge on any atom is -0.322 e. The number of halogens is 2. The van der Waals surface area contributed by atoms with Crippen LogP contribution in [0.1, 0.15) is 36.2 Å². The molecule has 0 spiro atoms. The molecule has 2 aromatic carbocycles. The molecule has 1 aromatic heterocycles. The number of nitrogens with one attached hydrogen (secondary N) is 1. The average Bonchev–Trinajstić information content (AvgIpc) is 2.98. The Morgan fingerprint density at radius 2 is 2.03 bits per heavy atom. The molecule has 1 amide bonds. The van der Waals surface area contributed by atoms with E-state index in [-0.39, 0.29) is 11.7 Å². The maximum Gasteiger partial charge on any atom is 0.248 e. The number of benzene rings is 2. The number of hydrogen-bond acceptors (Lipinski definition) is 3. The number of carbonyl (C=O) groups is 1. The summed E-state index contributed by atoms with van der Waals surface area (Å²) in [6, 6.07) is 10.5. The molecule has 1 N–H and O–H groups in total. The van der Waals surface area contributed by atoms with Crippen molar-refractivity contribution in [3.63, 3.8) is 0 Å². The van der Waals surface area contributed by atoms with Crippen LogP contribution in [0.25, 0.3) is 17.5 Å². The van der Waals surface area contributed by atoms with Gasteiger partial charge in [-0.3, -0.25) is 4.79 Å². The lowest BCUT2D eigenvalue weighted by molar-refractivity contribution is -0.111. The van der Waals surface area contributed by atoms with Gasteiger partial charge in [-0.15, -0.1) is 10.2 Å². The molecule has 3 aromatic rings. The van der Waals surface area contributed by atoms with Gasteiger partial charge >= 0.3 is 0 Å². The molecule has 0 saturated carbocycles. The Balaban J connectivity index is 1.55. The third kappa shape index (κ3) is 4.51. The van der Waals surface area contributed by atoms with Gasteiger partial charge in [0.15, 0.2) is 5.82 Å². The highest BCUT2D eigenvalue weighted by atomic mass is 79.9. The monoisotopic (exact) mass is 468 g/mol. The summed E-state index contributed by atoms with van der Waals surface area (Å²) >= 11 is 3.31. The largest absolute Gasteiger partial charge is 0.322 e. The molecular weight excluding hydrogens is 447 g/mol. The van der Waals surface area contributed by atoms with Crippen molar-refractivity contribution >= 4 is 33.6 Å². The summed E-state index contributed by atoms with van der Waals surface area (Å²) < 4.78 is 16.8. The number of anilines is 1. The molecule has 0 aliphatic carbocycles. The van der Waals surface area contributed by atoms with Crippen molar-refractivity contribution in [3.05, 3.63) is 69.7 Å². The number of nitrogens with zero attached hydrogens (tertiary/aromatic N) is 3. The molecule has 0 unspecified atom stereocenters. The molecule has 7 heteroatoms. The molecule has 0 fully saturated rings. The molecule has 0 saturated heterocycles. The quantitative estimate of drug-likeness (QED) is 0.511. The number of fused-ring (bicyclic) bond motifs is 1. The van der Waals surface area contributed by atoms with Gasteiger partial charge in [0.05, 0.1) is 0 Å². The summed E-state index contributed by atoms with van der Waals surface area (Å²) in [5.74, 6) is 1.14. The van der Waals surface area contributed by atoms with E-state index in [2.05, 4.69) is 36.0 Å². The molecule has 5 nitrogen and oxygen atoms in total. The summed E-state index contributed by atoms with van der Waals surface area (Å²) in [5, 5.41) is 11.6. The van der Waals surface area contributed by atoms with Crippen LogP contribution < -0.4 is 5.32 Å². The molecule has 1 aliphatic rings. The Labute approximate surface area is 183 Å². The zero-order chi connectivity index (χ0) is 21.1. The summed E-state index contributed by atoms with van der Waals surface area (Å²) in [7, 11) is 0. The van der Waals surface area contributed by atoms with Crippen molar-refractivity contribution in [1.82, 2.24) is 14.8 Å². The predicted molar refractivity (Wildman–Crippen MR) is 120 cm³/mol. The van der Waals surface area contributed by atoms with E-state index in [9.17, 15) is 9.18 Å². The minimum atomic E-state index is -0.382. The Hall–Kier alpha value is -2.80. The second-order valence-electron chi connectivity index (χ2n) is 7.42. The number of hydrogen-bond donors (Lipinski definition) is 1. The molecule has 0 bridgehead atoms. The van der Waals surface area contributed by atoms with Gasteiger partial charge in [-0.1, -0.05) is 34.5 Å². The SMILES string of the molecule is Cc1ccc(-c2nnc3n2CCCCC3)cc1NC(=O)/C=C/c1cc(Br)ccc1F. The van der Waals surface area contributed by atoms with Crippen LogP contribution in [0.5, 0.6) is 0 Å². The Morgan fingerprint density at radius 3 is 2.90 bits per heavy atom. The highest BCUT2D eigenvalue weighted by Crippen LogP contribution is 2.27. The number of amides is 1. The second kappa shape index (κ2) is 8.92. The number of aryl methyl sites for hydroxylation is 2. The number of rotatable bonds is 4. The van der Waals surface area contributed by atoms with Crippen molar-refractivity contribution in [1.29, 1.82) is 0 Å². The maximum absolute atomic E-state index is 13.9. The highest BCUT2D eigenvalue weighted by Gasteiger charge is 2.17. The lowest BCUT2D eigenvalue weighted by atomic mass is 10.1. The number of carbonyl (C=O) groups excluding carboxylic acids is 1. The van der Waals surface area contributed by atoms with E-state index >= 15 is 0 Å². The minimum absolute atomic E-state index is 0.324. The standard InChI is InChI=1S/C23H22BrFN4O/c1-15-6-7-17(23-28-27-21-5-3-2-4-12-29(21)23)14-20(15)26-22(30)11-8-16-13-18(24)9-10-19(16)25/h6-11,13-14H,2-5,12H2,1H3,(H,26,30)/b11-8+. The Bertz CT molecular complexity index is 1120. The van der Waals surface area contributed by atoms with E-state index in [4.69, 9.17) is 0 Å². The van der Waals surface area contributed by atoms with Crippen LogP contribution in [0.2, 0.25) is 0 Å². The van der Waals surface area contributed by atoms with E-state index in [0.29, 0.717) is 11.3 Å². The molecule has 4 rings (SSSR count). The van der Waals surface area contributed by atoms with E-state index in [1.165, 1.54) is 24.6 Å². The zero-order valence-electron chi connectivity index (χ0n) is 16.7. The van der Waals surface area contributed by atoms with Crippen LogP contribution in [0, 0.1) is 12.7 Å². The van der Waals surface area contributed by atoms with Crippen LogP contribution >= 0.6 is 15.9 Å². The van der Waals surface area contributed by atoms with Crippen molar-refractivity contribution in [2.24, 2.45) is 0 Å². The predicted octanol–water partition coefficient (Wildman–Crippen LogP) is 5.53. The molecular formula is C23H22BrFN4O. The van der Waals surface area contributed by atoms with Crippen molar-refractivity contribution in [2.45, 2.75) is 39.2 Å². The Kier molecular flexibility index (Phi) is 6.08. The van der Waals surface area contributed by atoms with Crippen molar-refractivity contribution in [3.8, 4) is 11.4 Å². The first-order valence-corrected chi connectivity index (χ1v) is 10.8. The second-order valence-corrected chi connectivity index (χ2v) is 8.34. The summed E-state index contributed by atoms with van der Waals surface area (Å²) in [4.78, 5) is 12.4. The Morgan fingerprint density at radius 1 is 1.17 bits per heavy atom. The fourth-order valence-corrected chi connectivity index (χ4v) is 3.96. The average molecular weight is 469 g/mol. The molecule has 0 atom stereocenters. The normalized spacial score (nSPS) is 13.8. The van der Waals surface area contributed by atoms with Crippen molar-refractivity contribution in [2.75, 3.05) is 5.32 Å². The third-order valence-corrected chi connectivity index (χ3v) is 5.73. The summed E-state index contributed by atoms with van der Waals surface area (Å²) in [5.41, 5.74) is 2.89. The number of aromatic nitrogens is 3. The van der Waals surface area contributed by atoms with Crippen LogP contribution in [0.4, 0.5) is 10.1 Å². The van der Waals surface area contributed by atoms with Gasteiger partial charge in [0, 0.05) is 40.3 Å². The van der Waals surface area contributed by atoms with Crippen LogP contribution in [0.3, 0.4) is 0 Å². The van der Waals surface area contributed by atoms with Gasteiger partial charge in [-0.25, -0.2) is 4.39 Å². The molecule has 30 heavy (non-hydrogen) atoms. The fraction of sp³-hybridized carbons (Fsp3) is 0.261. The van der Waals surface area contributed by atoms with Gasteiger partial charge in [0.1, 0.15) is 11.6 Å². The first kappa shape index (κ1) is 20.5. The molecule has 154 valence electrons. The third-order valence-electron chi connectivity index (χ3n) is 5.24. The lowest BCUT2D eigenvalue weighted by Gasteiger charge is -2.11. The van der Waals surface area contributed by atoms with E-state index < -0.39 is 0 Å². The molecule has 0 radical (unpaired) electrons. The van der Waals surface area contributed by atoms with E-state index in [1.54, 1.807) is 12.1 Å². The van der Waals surface area contributed by atoms with Gasteiger partial charge in [-0.05, 0) is 55.7 Å². The maximum atomic E-state index is 13.9. The first-order valence-electron chi connectivity index (χ1n) is 9.98. The zero-order valence-corrected chi connectivity index (χ0v) is 18.2. The van der Waals surface area contributed by atoms with Crippen LogP contribution in [-0.2, 0) is 17.8 Å². The smallest absolute Gasteiger partial charge is 0.248 e. The van der Waals surface area contributed by atoms with E-state index in [1.807, 2.05) is 25.1 Å². The first-order chi connectivity index (χ1) is 14.5.